The Bertz CT molecular complexity index is 520. The number of aliphatic carboxylic acids is 1. The Morgan fingerprint density at radius 3 is 2.38 bits per heavy atom. The summed E-state index contributed by atoms with van der Waals surface area (Å²) in [6, 6.07) is 5.12. The first kappa shape index (κ1) is 6.25. The van der Waals surface area contributed by atoms with Crippen molar-refractivity contribution in [2.75, 3.05) is 7.11 Å². The van der Waals surface area contributed by atoms with Crippen molar-refractivity contribution in [3.8, 4) is 5.75 Å². The standard InChI is InChI=1S/C12H16O4/c1-12(2,15)10(11(13)14)8-4-6-9(16-3)7-5-8/h4-7,10,15H,1-3H3,(H,13,14)/i1D3,2D3. The number of carboxylic acid groups (broad SMARTS) is 1. The second-order valence-electron chi connectivity index (χ2n) is 3.31. The molecular formula is C12H16O4. The lowest BCUT2D eigenvalue weighted by Gasteiger charge is -2.26. The third-order valence-electron chi connectivity index (χ3n) is 2.11. The lowest BCUT2D eigenvalue weighted by molar-refractivity contribution is -0.144. The molecule has 0 bridgehead atoms. The van der Waals surface area contributed by atoms with Crippen LogP contribution in [0.5, 0.6) is 5.75 Å². The topological polar surface area (TPSA) is 66.8 Å². The van der Waals surface area contributed by atoms with Gasteiger partial charge >= 0.3 is 5.97 Å². The molecule has 0 radical (unpaired) electrons. The Morgan fingerprint density at radius 1 is 1.44 bits per heavy atom. The fourth-order valence-electron chi connectivity index (χ4n) is 1.36. The monoisotopic (exact) mass is 230 g/mol. The van der Waals surface area contributed by atoms with Gasteiger partial charge in [-0.2, -0.15) is 0 Å². The van der Waals surface area contributed by atoms with Crippen LogP contribution in [-0.4, -0.2) is 28.9 Å². The Morgan fingerprint density at radius 2 is 2.00 bits per heavy atom. The van der Waals surface area contributed by atoms with E-state index in [1.165, 1.54) is 31.4 Å². The number of benzene rings is 1. The molecule has 0 aliphatic heterocycles. The quantitative estimate of drug-likeness (QED) is 0.825. The molecule has 0 saturated carbocycles. The number of carboxylic acids is 1. The van der Waals surface area contributed by atoms with Gasteiger partial charge in [0.2, 0.25) is 0 Å². The summed E-state index contributed by atoms with van der Waals surface area (Å²) in [6.45, 7) is -6.86. The molecule has 4 nitrogen and oxygen atoms in total. The number of rotatable bonds is 4. The summed E-state index contributed by atoms with van der Waals surface area (Å²) in [5.41, 5.74) is -3.58. The van der Waals surface area contributed by atoms with Crippen molar-refractivity contribution < 1.29 is 28.0 Å². The predicted octanol–water partition coefficient (Wildman–Crippen LogP) is 1.63. The van der Waals surface area contributed by atoms with E-state index in [0.717, 1.165) is 0 Å². The molecule has 0 saturated heterocycles. The fourth-order valence-corrected chi connectivity index (χ4v) is 1.36. The molecule has 88 valence electrons. The van der Waals surface area contributed by atoms with Crippen LogP contribution < -0.4 is 4.74 Å². The predicted molar refractivity (Wildman–Crippen MR) is 59.7 cm³/mol. The van der Waals surface area contributed by atoms with Gasteiger partial charge in [-0.25, -0.2) is 0 Å². The molecular weight excluding hydrogens is 208 g/mol. The van der Waals surface area contributed by atoms with Crippen LogP contribution in [-0.2, 0) is 4.79 Å². The molecule has 0 spiro atoms. The lowest BCUT2D eigenvalue weighted by Crippen LogP contribution is -2.34. The van der Waals surface area contributed by atoms with E-state index in [9.17, 15) is 15.0 Å². The summed E-state index contributed by atoms with van der Waals surface area (Å²) in [5, 5.41) is 19.7. The third kappa shape index (κ3) is 2.73. The molecule has 1 atom stereocenters. The maximum absolute atomic E-state index is 11.5. The summed E-state index contributed by atoms with van der Waals surface area (Å²) in [5.74, 6) is -3.53. The Labute approximate surface area is 103 Å². The van der Waals surface area contributed by atoms with Crippen LogP contribution in [0.2, 0.25) is 0 Å². The molecule has 0 heterocycles. The van der Waals surface area contributed by atoms with Crippen molar-refractivity contribution >= 4 is 5.97 Å². The van der Waals surface area contributed by atoms with Gasteiger partial charge in [0.25, 0.3) is 0 Å². The van der Waals surface area contributed by atoms with Crippen molar-refractivity contribution in [1.29, 1.82) is 0 Å². The van der Waals surface area contributed by atoms with Gasteiger partial charge in [0.1, 0.15) is 11.7 Å². The maximum atomic E-state index is 11.5. The number of hydrogen-bond acceptors (Lipinski definition) is 3. The van der Waals surface area contributed by atoms with E-state index < -0.39 is 31.2 Å². The molecule has 1 rings (SSSR count). The molecule has 16 heavy (non-hydrogen) atoms. The second-order valence-corrected chi connectivity index (χ2v) is 3.31. The van der Waals surface area contributed by atoms with Gasteiger partial charge in [0, 0.05) is 8.22 Å². The minimum atomic E-state index is -3.43. The molecule has 0 amide bonds. The normalized spacial score (nSPS) is 20.4. The number of methoxy groups -OCH3 is 1. The van der Waals surface area contributed by atoms with Gasteiger partial charge in [-0.15, -0.1) is 0 Å². The van der Waals surface area contributed by atoms with Crippen LogP contribution in [0.4, 0.5) is 0 Å². The van der Waals surface area contributed by atoms with E-state index in [2.05, 4.69) is 0 Å². The summed E-state index contributed by atoms with van der Waals surface area (Å²) < 4.78 is 48.9. The lowest BCUT2D eigenvalue weighted by atomic mass is 9.85. The zero-order valence-electron chi connectivity index (χ0n) is 14.6. The molecule has 4 heteroatoms. The van der Waals surface area contributed by atoms with E-state index >= 15 is 0 Å². The van der Waals surface area contributed by atoms with E-state index in [1.54, 1.807) is 0 Å². The maximum Gasteiger partial charge on any atom is 0.313 e. The highest BCUT2D eigenvalue weighted by molar-refractivity contribution is 5.77. The zero-order chi connectivity index (χ0) is 17.3. The highest BCUT2D eigenvalue weighted by Crippen LogP contribution is 2.29. The molecule has 0 aliphatic carbocycles. The molecule has 0 aliphatic rings. The summed E-state index contributed by atoms with van der Waals surface area (Å²) in [7, 11) is 1.38. The first-order valence-corrected chi connectivity index (χ1v) is 4.45. The average molecular weight is 230 g/mol. The minimum absolute atomic E-state index is 0.150. The number of hydrogen-bond donors (Lipinski definition) is 2. The Balaban J connectivity index is 3.53. The van der Waals surface area contributed by atoms with E-state index in [-0.39, 0.29) is 5.56 Å². The van der Waals surface area contributed by atoms with Gasteiger partial charge in [-0.1, -0.05) is 12.1 Å². The fraction of sp³-hybridized carbons (Fsp3) is 0.417. The van der Waals surface area contributed by atoms with Crippen molar-refractivity contribution in [3.05, 3.63) is 29.8 Å². The van der Waals surface area contributed by atoms with E-state index in [1.807, 2.05) is 0 Å². The van der Waals surface area contributed by atoms with Gasteiger partial charge < -0.3 is 14.9 Å². The Hall–Kier alpha value is -1.55. The third-order valence-corrected chi connectivity index (χ3v) is 2.11. The molecule has 2 N–H and O–H groups in total. The highest BCUT2D eigenvalue weighted by Gasteiger charge is 2.34. The highest BCUT2D eigenvalue weighted by atomic mass is 16.5. The Kier molecular flexibility index (Phi) is 1.77. The number of ether oxygens (including phenoxy) is 1. The van der Waals surface area contributed by atoms with Crippen molar-refractivity contribution in [2.45, 2.75) is 25.2 Å². The molecule has 1 unspecified atom stereocenters. The van der Waals surface area contributed by atoms with Crippen LogP contribution >= 0.6 is 0 Å². The van der Waals surface area contributed by atoms with Gasteiger partial charge in [-0.3, -0.25) is 4.79 Å². The van der Waals surface area contributed by atoms with Gasteiger partial charge in [-0.05, 0) is 31.4 Å². The van der Waals surface area contributed by atoms with Gasteiger partial charge in [0.05, 0.1) is 12.7 Å². The van der Waals surface area contributed by atoms with Crippen molar-refractivity contribution in [2.24, 2.45) is 0 Å². The van der Waals surface area contributed by atoms with Crippen LogP contribution in [0.1, 0.15) is 33.4 Å². The smallest absolute Gasteiger partial charge is 0.313 e. The summed E-state index contributed by atoms with van der Waals surface area (Å²) in [4.78, 5) is 11.5. The van der Waals surface area contributed by atoms with E-state index in [0.29, 0.717) is 5.75 Å². The average Bonchev–Trinajstić information content (AvgIpc) is 2.36. The SMILES string of the molecule is [2H]C([2H])([2H])C(O)(C(C(=O)O)c1ccc(OC)cc1)C([2H])([2H])[2H]. The molecule has 0 fully saturated rings. The summed E-state index contributed by atoms with van der Waals surface area (Å²) in [6.07, 6.45) is 0. The van der Waals surface area contributed by atoms with Crippen LogP contribution in [0.3, 0.4) is 0 Å². The molecule has 1 aromatic rings. The van der Waals surface area contributed by atoms with Crippen LogP contribution in [0.25, 0.3) is 0 Å². The molecule has 0 aromatic heterocycles. The second kappa shape index (κ2) is 4.53. The number of carbonyl (C=O) groups is 1. The molecule has 1 aromatic carbocycles. The zero-order valence-corrected chi connectivity index (χ0v) is 8.60. The van der Waals surface area contributed by atoms with Crippen LogP contribution in [0.15, 0.2) is 24.3 Å². The largest absolute Gasteiger partial charge is 0.497 e. The first-order chi connectivity index (χ1) is 9.86. The number of aliphatic hydroxyl groups is 1. The minimum Gasteiger partial charge on any atom is -0.497 e. The van der Waals surface area contributed by atoms with E-state index in [4.69, 9.17) is 13.0 Å². The van der Waals surface area contributed by atoms with Crippen molar-refractivity contribution in [3.63, 3.8) is 0 Å². The van der Waals surface area contributed by atoms with Crippen LogP contribution in [0, 0.1) is 0 Å². The first-order valence-electron chi connectivity index (χ1n) is 7.45. The van der Waals surface area contributed by atoms with Gasteiger partial charge in [0.15, 0.2) is 0 Å². The van der Waals surface area contributed by atoms with Crippen molar-refractivity contribution in [1.82, 2.24) is 0 Å². The summed E-state index contributed by atoms with van der Waals surface area (Å²) >= 11 is 0.